The highest BCUT2D eigenvalue weighted by atomic mass is 35.5. The standard InChI is InChI=1S/C16H15ClN2O3/c1-2-22-14-8-4-6-12(15(14)20)10-18-19-16(21)11-5-3-7-13(17)9-11/h3-10,20H,2H2,1H3,(H,19,21). The number of hydrogen-bond acceptors (Lipinski definition) is 4. The summed E-state index contributed by atoms with van der Waals surface area (Å²) in [6.45, 7) is 2.27. The Bertz CT molecular complexity index is 702. The number of hydrogen-bond donors (Lipinski definition) is 2. The Labute approximate surface area is 133 Å². The molecule has 0 aliphatic rings. The van der Waals surface area contributed by atoms with Crippen molar-refractivity contribution in [1.82, 2.24) is 5.43 Å². The molecule has 0 spiro atoms. The molecule has 0 atom stereocenters. The molecule has 2 N–H and O–H groups in total. The molecular weight excluding hydrogens is 304 g/mol. The molecule has 22 heavy (non-hydrogen) atoms. The first-order chi connectivity index (χ1) is 10.6. The van der Waals surface area contributed by atoms with Crippen LogP contribution in [0.1, 0.15) is 22.8 Å². The van der Waals surface area contributed by atoms with Crippen LogP contribution in [0.15, 0.2) is 47.6 Å². The number of para-hydroxylation sites is 1. The summed E-state index contributed by atoms with van der Waals surface area (Å²) < 4.78 is 5.27. The molecule has 1 amide bonds. The molecule has 0 bridgehead atoms. The van der Waals surface area contributed by atoms with Gasteiger partial charge in [0.15, 0.2) is 11.5 Å². The van der Waals surface area contributed by atoms with Gasteiger partial charge in [-0.15, -0.1) is 0 Å². The number of nitrogens with one attached hydrogen (secondary N) is 1. The Morgan fingerprint density at radius 1 is 1.36 bits per heavy atom. The molecule has 0 aliphatic heterocycles. The molecule has 2 rings (SSSR count). The zero-order valence-electron chi connectivity index (χ0n) is 11.9. The summed E-state index contributed by atoms with van der Waals surface area (Å²) in [6.07, 6.45) is 1.35. The lowest BCUT2D eigenvalue weighted by atomic mass is 10.2. The minimum absolute atomic E-state index is 0.0231. The third kappa shape index (κ3) is 3.99. The van der Waals surface area contributed by atoms with Gasteiger partial charge in [-0.05, 0) is 37.3 Å². The Kier molecular flexibility index (Phi) is 5.38. The molecule has 6 heteroatoms. The maximum absolute atomic E-state index is 11.9. The lowest BCUT2D eigenvalue weighted by Crippen LogP contribution is -2.17. The van der Waals surface area contributed by atoms with Gasteiger partial charge in [-0.2, -0.15) is 5.10 Å². The van der Waals surface area contributed by atoms with Gasteiger partial charge in [0.1, 0.15) is 0 Å². The molecule has 0 unspecified atom stereocenters. The summed E-state index contributed by atoms with van der Waals surface area (Å²) in [5.74, 6) is -0.0445. The Hall–Kier alpha value is -2.53. The van der Waals surface area contributed by atoms with Crippen molar-refractivity contribution in [1.29, 1.82) is 0 Å². The number of benzene rings is 2. The molecule has 5 nitrogen and oxygen atoms in total. The zero-order chi connectivity index (χ0) is 15.9. The third-order valence-corrected chi connectivity index (χ3v) is 3.02. The van der Waals surface area contributed by atoms with Gasteiger partial charge in [0, 0.05) is 16.1 Å². The lowest BCUT2D eigenvalue weighted by molar-refractivity contribution is 0.0955. The van der Waals surface area contributed by atoms with Crippen LogP contribution in [0.2, 0.25) is 5.02 Å². The van der Waals surface area contributed by atoms with E-state index in [9.17, 15) is 9.90 Å². The highest BCUT2D eigenvalue weighted by molar-refractivity contribution is 6.30. The normalized spacial score (nSPS) is 10.6. The van der Waals surface area contributed by atoms with E-state index in [-0.39, 0.29) is 11.7 Å². The Morgan fingerprint density at radius 2 is 2.14 bits per heavy atom. The first kappa shape index (κ1) is 15.9. The van der Waals surface area contributed by atoms with Gasteiger partial charge in [0.25, 0.3) is 5.91 Å². The highest BCUT2D eigenvalue weighted by Crippen LogP contribution is 2.28. The van der Waals surface area contributed by atoms with Crippen LogP contribution in [0.5, 0.6) is 11.5 Å². The third-order valence-electron chi connectivity index (χ3n) is 2.79. The van der Waals surface area contributed by atoms with Crippen molar-refractivity contribution in [3.63, 3.8) is 0 Å². The fraction of sp³-hybridized carbons (Fsp3) is 0.125. The molecule has 0 heterocycles. The van der Waals surface area contributed by atoms with E-state index in [4.69, 9.17) is 16.3 Å². The molecule has 2 aromatic rings. The molecule has 2 aromatic carbocycles. The van der Waals surface area contributed by atoms with Crippen LogP contribution >= 0.6 is 11.6 Å². The van der Waals surface area contributed by atoms with Gasteiger partial charge in [-0.3, -0.25) is 4.79 Å². The first-order valence-corrected chi connectivity index (χ1v) is 7.03. The van der Waals surface area contributed by atoms with Crippen LogP contribution in [-0.2, 0) is 0 Å². The van der Waals surface area contributed by atoms with E-state index >= 15 is 0 Å². The Morgan fingerprint density at radius 3 is 2.86 bits per heavy atom. The van der Waals surface area contributed by atoms with Crippen molar-refractivity contribution in [3.8, 4) is 11.5 Å². The maximum atomic E-state index is 11.9. The molecule has 114 valence electrons. The van der Waals surface area contributed by atoms with Crippen molar-refractivity contribution in [2.75, 3.05) is 6.61 Å². The minimum Gasteiger partial charge on any atom is -0.504 e. The Balaban J connectivity index is 2.07. The maximum Gasteiger partial charge on any atom is 0.271 e. The molecule has 0 radical (unpaired) electrons. The molecular formula is C16H15ClN2O3. The van der Waals surface area contributed by atoms with Crippen molar-refractivity contribution in [2.24, 2.45) is 5.10 Å². The van der Waals surface area contributed by atoms with E-state index in [0.717, 1.165) is 0 Å². The van der Waals surface area contributed by atoms with E-state index in [0.29, 0.717) is 28.5 Å². The van der Waals surface area contributed by atoms with Crippen molar-refractivity contribution in [3.05, 3.63) is 58.6 Å². The van der Waals surface area contributed by atoms with Crippen molar-refractivity contribution >= 4 is 23.7 Å². The lowest BCUT2D eigenvalue weighted by Gasteiger charge is -2.07. The smallest absolute Gasteiger partial charge is 0.271 e. The fourth-order valence-electron chi connectivity index (χ4n) is 1.77. The number of carbonyl (C=O) groups excluding carboxylic acids is 1. The molecule has 0 saturated carbocycles. The number of ether oxygens (including phenoxy) is 1. The van der Waals surface area contributed by atoms with Gasteiger partial charge in [-0.25, -0.2) is 5.43 Å². The fourth-order valence-corrected chi connectivity index (χ4v) is 1.96. The van der Waals surface area contributed by atoms with Crippen molar-refractivity contribution in [2.45, 2.75) is 6.92 Å². The van der Waals surface area contributed by atoms with E-state index in [2.05, 4.69) is 10.5 Å². The summed E-state index contributed by atoms with van der Waals surface area (Å²) in [5.41, 5.74) is 3.22. The van der Waals surface area contributed by atoms with Crippen molar-refractivity contribution < 1.29 is 14.6 Å². The van der Waals surface area contributed by atoms with Crippen LogP contribution < -0.4 is 10.2 Å². The van der Waals surface area contributed by atoms with E-state index in [1.807, 2.05) is 6.92 Å². The molecule has 0 aliphatic carbocycles. The number of rotatable bonds is 5. The van der Waals surface area contributed by atoms with E-state index < -0.39 is 0 Å². The average molecular weight is 319 g/mol. The summed E-state index contributed by atoms with van der Waals surface area (Å²) in [5, 5.41) is 14.3. The van der Waals surface area contributed by atoms with E-state index in [1.165, 1.54) is 6.21 Å². The highest BCUT2D eigenvalue weighted by Gasteiger charge is 2.07. The number of hydrazone groups is 1. The van der Waals surface area contributed by atoms with Gasteiger partial charge >= 0.3 is 0 Å². The predicted molar refractivity (Wildman–Crippen MR) is 85.8 cm³/mol. The van der Waals surface area contributed by atoms with Gasteiger partial charge in [-0.1, -0.05) is 23.7 Å². The molecule has 0 saturated heterocycles. The number of amides is 1. The molecule has 0 fully saturated rings. The van der Waals surface area contributed by atoms with Gasteiger partial charge < -0.3 is 9.84 Å². The summed E-state index contributed by atoms with van der Waals surface area (Å²) >= 11 is 5.82. The van der Waals surface area contributed by atoms with Crippen LogP contribution in [-0.4, -0.2) is 23.8 Å². The molecule has 0 aromatic heterocycles. The monoisotopic (exact) mass is 318 g/mol. The number of halogens is 1. The number of phenolic OH excluding ortho intramolecular Hbond substituents is 1. The zero-order valence-corrected chi connectivity index (χ0v) is 12.7. The second-order valence-electron chi connectivity index (χ2n) is 4.34. The summed E-state index contributed by atoms with van der Waals surface area (Å²) in [6, 6.07) is 11.6. The van der Waals surface area contributed by atoms with Crippen LogP contribution in [0, 0.1) is 0 Å². The second kappa shape index (κ2) is 7.47. The topological polar surface area (TPSA) is 70.9 Å². The first-order valence-electron chi connectivity index (χ1n) is 6.65. The number of aromatic hydroxyl groups is 1. The quantitative estimate of drug-likeness (QED) is 0.657. The van der Waals surface area contributed by atoms with Crippen LogP contribution in [0.3, 0.4) is 0 Å². The summed E-state index contributed by atoms with van der Waals surface area (Å²) in [7, 11) is 0. The number of carbonyl (C=O) groups is 1. The predicted octanol–water partition coefficient (Wildman–Crippen LogP) is 3.21. The number of nitrogens with zero attached hydrogens (tertiary/aromatic N) is 1. The van der Waals surface area contributed by atoms with Gasteiger partial charge in [0.05, 0.1) is 12.8 Å². The second-order valence-corrected chi connectivity index (χ2v) is 4.77. The average Bonchev–Trinajstić information content (AvgIpc) is 2.51. The van der Waals surface area contributed by atoms with Gasteiger partial charge in [0.2, 0.25) is 0 Å². The summed E-state index contributed by atoms with van der Waals surface area (Å²) in [4.78, 5) is 11.9. The van der Waals surface area contributed by atoms with Crippen LogP contribution in [0.25, 0.3) is 0 Å². The number of phenols is 1. The minimum atomic E-state index is -0.390. The van der Waals surface area contributed by atoms with Crippen LogP contribution in [0.4, 0.5) is 0 Å². The SMILES string of the molecule is CCOc1cccc(C=NNC(=O)c2cccc(Cl)c2)c1O. The van der Waals surface area contributed by atoms with E-state index in [1.54, 1.807) is 42.5 Å². The largest absolute Gasteiger partial charge is 0.504 e.